The van der Waals surface area contributed by atoms with Crippen molar-refractivity contribution in [3.63, 3.8) is 0 Å². The molecule has 2 atom stereocenters. The highest BCUT2D eigenvalue weighted by Crippen LogP contribution is 2.26. The van der Waals surface area contributed by atoms with Crippen LogP contribution in [-0.4, -0.2) is 38.3 Å². The van der Waals surface area contributed by atoms with E-state index in [-0.39, 0.29) is 18.2 Å². The Labute approximate surface area is 176 Å². The maximum atomic E-state index is 12.9. The number of carbonyl (C=O) groups excluding carboxylic acids is 2. The Morgan fingerprint density at radius 1 is 1.10 bits per heavy atom. The van der Waals surface area contributed by atoms with Crippen molar-refractivity contribution in [1.82, 2.24) is 10.6 Å². The van der Waals surface area contributed by atoms with Crippen LogP contribution < -0.4 is 10.6 Å². The zero-order chi connectivity index (χ0) is 21.8. The van der Waals surface area contributed by atoms with Crippen LogP contribution in [0.2, 0.25) is 0 Å². The van der Waals surface area contributed by atoms with Crippen LogP contribution in [0.4, 0.5) is 0 Å². The van der Waals surface area contributed by atoms with Crippen LogP contribution >= 0.6 is 11.3 Å². The van der Waals surface area contributed by atoms with Crippen molar-refractivity contribution in [2.24, 2.45) is 0 Å². The first kappa shape index (κ1) is 23.1. The molecule has 6 nitrogen and oxygen atoms in total. The van der Waals surface area contributed by atoms with Gasteiger partial charge in [-0.2, -0.15) is 0 Å². The van der Waals surface area contributed by atoms with Gasteiger partial charge in [0.25, 0.3) is 5.91 Å². The summed E-state index contributed by atoms with van der Waals surface area (Å²) in [5.41, 5.74) is 2.37. The standard InChI is InChI=1S/C21H28N2O4S2/c1-13-7-6-8-17(11-13)20(24)23-19(9-10-29(5,26)27)21(25)22-15(3)18-12-14(2)28-16(18)4/h6-8,11-12,15,19H,9-10H2,1-5H3,(H,22,25)(H,23,24). The van der Waals surface area contributed by atoms with Gasteiger partial charge in [-0.15, -0.1) is 11.3 Å². The lowest BCUT2D eigenvalue weighted by Crippen LogP contribution is -2.48. The van der Waals surface area contributed by atoms with Gasteiger partial charge in [-0.1, -0.05) is 17.7 Å². The zero-order valence-electron chi connectivity index (χ0n) is 17.4. The van der Waals surface area contributed by atoms with Crippen molar-refractivity contribution in [3.05, 3.63) is 56.8 Å². The van der Waals surface area contributed by atoms with Crippen LogP contribution in [0.1, 0.15) is 50.6 Å². The maximum absolute atomic E-state index is 12.9. The Morgan fingerprint density at radius 3 is 2.34 bits per heavy atom. The number of nitrogens with one attached hydrogen (secondary N) is 2. The van der Waals surface area contributed by atoms with Gasteiger partial charge in [0.2, 0.25) is 5.91 Å². The number of rotatable bonds is 8. The Hall–Kier alpha value is -2.19. The van der Waals surface area contributed by atoms with Crippen molar-refractivity contribution in [2.75, 3.05) is 12.0 Å². The average Bonchev–Trinajstić information content (AvgIpc) is 2.95. The van der Waals surface area contributed by atoms with Crippen molar-refractivity contribution in [3.8, 4) is 0 Å². The van der Waals surface area contributed by atoms with E-state index in [0.717, 1.165) is 27.1 Å². The van der Waals surface area contributed by atoms with Crippen molar-refractivity contribution in [1.29, 1.82) is 0 Å². The first-order chi connectivity index (χ1) is 13.5. The summed E-state index contributed by atoms with van der Waals surface area (Å²) in [6.07, 6.45) is 1.13. The Balaban J connectivity index is 2.16. The second-order valence-corrected chi connectivity index (χ2v) is 11.1. The molecule has 1 aromatic heterocycles. The molecule has 0 spiro atoms. The molecule has 0 aliphatic heterocycles. The summed E-state index contributed by atoms with van der Waals surface area (Å²) in [5, 5.41) is 5.61. The molecule has 8 heteroatoms. The van der Waals surface area contributed by atoms with Gasteiger partial charge in [0.1, 0.15) is 15.9 Å². The minimum atomic E-state index is -3.27. The molecule has 0 aliphatic rings. The lowest BCUT2D eigenvalue weighted by atomic mass is 10.1. The topological polar surface area (TPSA) is 92.3 Å². The predicted molar refractivity (Wildman–Crippen MR) is 117 cm³/mol. The molecule has 1 heterocycles. The number of hydrogen-bond acceptors (Lipinski definition) is 5. The molecule has 158 valence electrons. The van der Waals surface area contributed by atoms with Gasteiger partial charge in [-0.05, 0) is 57.9 Å². The van der Waals surface area contributed by atoms with E-state index >= 15 is 0 Å². The van der Waals surface area contributed by atoms with Crippen molar-refractivity contribution >= 4 is 33.0 Å². The molecule has 0 bridgehead atoms. The number of amides is 2. The third-order valence-electron chi connectivity index (χ3n) is 4.58. The van der Waals surface area contributed by atoms with E-state index in [9.17, 15) is 18.0 Å². The van der Waals surface area contributed by atoms with Gasteiger partial charge in [0, 0.05) is 21.6 Å². The van der Waals surface area contributed by atoms with E-state index in [2.05, 4.69) is 10.6 Å². The minimum Gasteiger partial charge on any atom is -0.348 e. The van der Waals surface area contributed by atoms with Gasteiger partial charge >= 0.3 is 0 Å². The number of benzene rings is 1. The summed E-state index contributed by atoms with van der Waals surface area (Å²) >= 11 is 1.66. The Bertz CT molecular complexity index is 996. The molecular formula is C21H28N2O4S2. The first-order valence-electron chi connectivity index (χ1n) is 9.39. The molecular weight excluding hydrogens is 408 g/mol. The van der Waals surface area contributed by atoms with Crippen LogP contribution in [0.3, 0.4) is 0 Å². The van der Waals surface area contributed by atoms with Crippen LogP contribution in [0.25, 0.3) is 0 Å². The average molecular weight is 437 g/mol. The van der Waals surface area contributed by atoms with E-state index < -0.39 is 27.7 Å². The Kier molecular flexibility index (Phi) is 7.60. The van der Waals surface area contributed by atoms with E-state index in [1.165, 1.54) is 0 Å². The molecule has 1 aromatic carbocycles. The van der Waals surface area contributed by atoms with Gasteiger partial charge in [0.15, 0.2) is 0 Å². The molecule has 0 fully saturated rings. The minimum absolute atomic E-state index is 0.0105. The van der Waals surface area contributed by atoms with E-state index in [0.29, 0.717) is 5.56 Å². The molecule has 29 heavy (non-hydrogen) atoms. The van der Waals surface area contributed by atoms with Gasteiger partial charge in [0.05, 0.1) is 11.8 Å². The van der Waals surface area contributed by atoms with Crippen molar-refractivity contribution in [2.45, 2.75) is 46.2 Å². The molecule has 0 saturated heterocycles. The molecule has 2 N–H and O–H groups in total. The predicted octanol–water partition coefficient (Wildman–Crippen LogP) is 3.08. The normalized spacial score (nSPS) is 13.6. The van der Waals surface area contributed by atoms with E-state index in [1.807, 2.05) is 39.8 Å². The third-order valence-corrected chi connectivity index (χ3v) is 6.54. The summed E-state index contributed by atoms with van der Waals surface area (Å²) in [4.78, 5) is 27.8. The largest absolute Gasteiger partial charge is 0.348 e. The molecule has 0 saturated carbocycles. The fourth-order valence-electron chi connectivity index (χ4n) is 3.10. The fraction of sp³-hybridized carbons (Fsp3) is 0.429. The van der Waals surface area contributed by atoms with Gasteiger partial charge in [-0.3, -0.25) is 9.59 Å². The summed E-state index contributed by atoms with van der Waals surface area (Å²) in [5.74, 6) is -0.993. The molecule has 2 amide bonds. The molecule has 2 aromatic rings. The number of thiophene rings is 1. The number of carbonyl (C=O) groups is 2. The molecule has 2 unspecified atom stereocenters. The SMILES string of the molecule is Cc1cccc(C(=O)NC(CCS(C)(=O)=O)C(=O)NC(C)c2cc(C)sc2C)c1. The number of aryl methyl sites for hydroxylation is 3. The van der Waals surface area contributed by atoms with Crippen LogP contribution in [-0.2, 0) is 14.6 Å². The second kappa shape index (κ2) is 9.54. The molecule has 2 rings (SSSR count). The lowest BCUT2D eigenvalue weighted by molar-refractivity contribution is -0.123. The quantitative estimate of drug-likeness (QED) is 0.665. The Morgan fingerprint density at radius 2 is 1.79 bits per heavy atom. The highest BCUT2D eigenvalue weighted by molar-refractivity contribution is 7.90. The van der Waals surface area contributed by atoms with E-state index in [1.54, 1.807) is 29.5 Å². The highest BCUT2D eigenvalue weighted by Gasteiger charge is 2.25. The lowest BCUT2D eigenvalue weighted by Gasteiger charge is -2.21. The van der Waals surface area contributed by atoms with Crippen LogP contribution in [0.5, 0.6) is 0 Å². The summed E-state index contributed by atoms with van der Waals surface area (Å²) in [7, 11) is -3.27. The monoisotopic (exact) mass is 436 g/mol. The van der Waals surface area contributed by atoms with E-state index in [4.69, 9.17) is 0 Å². The van der Waals surface area contributed by atoms with Gasteiger partial charge < -0.3 is 10.6 Å². The number of sulfone groups is 1. The van der Waals surface area contributed by atoms with Crippen LogP contribution in [0.15, 0.2) is 30.3 Å². The molecule has 0 radical (unpaired) electrons. The van der Waals surface area contributed by atoms with Crippen LogP contribution in [0, 0.1) is 20.8 Å². The smallest absolute Gasteiger partial charge is 0.251 e. The third kappa shape index (κ3) is 6.97. The summed E-state index contributed by atoms with van der Waals surface area (Å²) in [6.45, 7) is 7.75. The summed E-state index contributed by atoms with van der Waals surface area (Å²) < 4.78 is 23.2. The highest BCUT2D eigenvalue weighted by atomic mass is 32.2. The van der Waals surface area contributed by atoms with Gasteiger partial charge in [-0.25, -0.2) is 8.42 Å². The molecule has 0 aliphatic carbocycles. The second-order valence-electron chi connectivity index (χ2n) is 7.41. The fourth-order valence-corrected chi connectivity index (χ4v) is 4.79. The number of hydrogen-bond donors (Lipinski definition) is 2. The zero-order valence-corrected chi connectivity index (χ0v) is 19.0. The first-order valence-corrected chi connectivity index (χ1v) is 12.3. The van der Waals surface area contributed by atoms with Crippen molar-refractivity contribution < 1.29 is 18.0 Å². The summed E-state index contributed by atoms with van der Waals surface area (Å²) in [6, 6.07) is 7.86. The maximum Gasteiger partial charge on any atom is 0.251 e.